The summed E-state index contributed by atoms with van der Waals surface area (Å²) in [5.74, 6) is 0.831. The summed E-state index contributed by atoms with van der Waals surface area (Å²) in [4.78, 5) is 2.10. The molecule has 0 radical (unpaired) electrons. The third-order valence-corrected chi connectivity index (χ3v) is 5.71. The van der Waals surface area contributed by atoms with E-state index in [-0.39, 0.29) is 36.8 Å². The standard InChI is InChI=1S/C22H25F3N4O.ClH/c1-2-30-15-19-26-27-21-20(22(23,24)25)18(10-13-29(19)21)14-28-11-8-17(9-12-28)16-6-4-3-5-7-16;/h3-7,10,13,17H,2,8-9,11-12,14-15H2,1H3;1H. The van der Waals surface area contributed by atoms with Gasteiger partial charge < -0.3 is 4.74 Å². The molecule has 2 aromatic heterocycles. The maximum absolute atomic E-state index is 13.9. The lowest BCUT2D eigenvalue weighted by Crippen LogP contribution is -2.33. The Kier molecular flexibility index (Phi) is 7.56. The number of nitrogens with zero attached hydrogens (tertiary/aromatic N) is 4. The SMILES string of the molecule is CCOCc1nnc2c(C(F)(F)F)c(CN3CCC(c4ccccc4)CC3)ccn12.Cl. The van der Waals surface area contributed by atoms with Crippen LogP contribution >= 0.6 is 12.4 Å². The molecule has 0 spiro atoms. The number of hydrogen-bond acceptors (Lipinski definition) is 4. The first-order valence-corrected chi connectivity index (χ1v) is 10.2. The molecule has 1 aromatic carbocycles. The number of hydrogen-bond donors (Lipinski definition) is 0. The Morgan fingerprint density at radius 1 is 1.06 bits per heavy atom. The fourth-order valence-corrected chi connectivity index (χ4v) is 4.17. The smallest absolute Gasteiger partial charge is 0.374 e. The van der Waals surface area contributed by atoms with Gasteiger partial charge in [-0.3, -0.25) is 9.30 Å². The summed E-state index contributed by atoms with van der Waals surface area (Å²) in [7, 11) is 0. The van der Waals surface area contributed by atoms with Gasteiger partial charge in [0.2, 0.25) is 0 Å². The minimum absolute atomic E-state index is 0. The highest BCUT2D eigenvalue weighted by Crippen LogP contribution is 2.36. The van der Waals surface area contributed by atoms with Gasteiger partial charge >= 0.3 is 6.18 Å². The second-order valence-electron chi connectivity index (χ2n) is 7.62. The van der Waals surface area contributed by atoms with Crippen LogP contribution in [0.25, 0.3) is 5.65 Å². The Balaban J connectivity index is 0.00000272. The number of rotatable bonds is 6. The molecule has 0 saturated carbocycles. The first-order valence-electron chi connectivity index (χ1n) is 10.2. The molecule has 0 aliphatic carbocycles. The minimum atomic E-state index is -4.50. The van der Waals surface area contributed by atoms with Gasteiger partial charge in [0.25, 0.3) is 0 Å². The lowest BCUT2D eigenvalue weighted by atomic mass is 9.89. The third-order valence-electron chi connectivity index (χ3n) is 5.71. The Labute approximate surface area is 185 Å². The van der Waals surface area contributed by atoms with Crippen molar-refractivity contribution in [3.05, 3.63) is 65.1 Å². The van der Waals surface area contributed by atoms with Crippen LogP contribution in [0.4, 0.5) is 13.2 Å². The van der Waals surface area contributed by atoms with Crippen LogP contribution in [-0.4, -0.2) is 39.2 Å². The number of fused-ring (bicyclic) bond motifs is 1. The molecule has 1 aliphatic rings. The van der Waals surface area contributed by atoms with Crippen LogP contribution in [0.5, 0.6) is 0 Å². The van der Waals surface area contributed by atoms with E-state index < -0.39 is 11.7 Å². The van der Waals surface area contributed by atoms with Crippen molar-refractivity contribution in [3.8, 4) is 0 Å². The molecule has 4 rings (SSSR count). The van der Waals surface area contributed by atoms with E-state index in [1.54, 1.807) is 6.20 Å². The van der Waals surface area contributed by atoms with E-state index in [0.29, 0.717) is 18.3 Å². The van der Waals surface area contributed by atoms with E-state index in [2.05, 4.69) is 27.2 Å². The van der Waals surface area contributed by atoms with Gasteiger partial charge in [-0.05, 0) is 56.0 Å². The summed E-state index contributed by atoms with van der Waals surface area (Å²) < 4.78 is 48.5. The number of halogens is 4. The van der Waals surface area contributed by atoms with E-state index >= 15 is 0 Å². The molecule has 0 bridgehead atoms. The second kappa shape index (κ2) is 9.97. The van der Waals surface area contributed by atoms with Gasteiger partial charge in [0.15, 0.2) is 11.5 Å². The largest absolute Gasteiger partial charge is 0.420 e. The summed E-state index contributed by atoms with van der Waals surface area (Å²) >= 11 is 0. The van der Waals surface area contributed by atoms with Gasteiger partial charge in [-0.15, -0.1) is 22.6 Å². The summed E-state index contributed by atoms with van der Waals surface area (Å²) in [6, 6.07) is 11.9. The van der Waals surface area contributed by atoms with Crippen LogP contribution in [0.2, 0.25) is 0 Å². The Morgan fingerprint density at radius 3 is 2.42 bits per heavy atom. The molecule has 0 amide bonds. The molecule has 3 aromatic rings. The first-order chi connectivity index (χ1) is 14.5. The summed E-state index contributed by atoms with van der Waals surface area (Å²) in [6.07, 6.45) is -1.00. The van der Waals surface area contributed by atoms with Crippen molar-refractivity contribution in [2.45, 2.75) is 45.0 Å². The molecule has 168 valence electrons. The highest BCUT2D eigenvalue weighted by molar-refractivity contribution is 5.85. The molecule has 1 fully saturated rings. The molecule has 0 unspecified atom stereocenters. The van der Waals surface area contributed by atoms with Gasteiger partial charge in [0.05, 0.1) is 0 Å². The van der Waals surface area contributed by atoms with Crippen LogP contribution in [0.1, 0.15) is 48.2 Å². The number of likely N-dealkylation sites (tertiary alicyclic amines) is 1. The highest BCUT2D eigenvalue weighted by atomic mass is 35.5. The number of pyridine rings is 1. The molecule has 9 heteroatoms. The number of piperidine rings is 1. The zero-order valence-electron chi connectivity index (χ0n) is 17.3. The van der Waals surface area contributed by atoms with E-state index in [4.69, 9.17) is 4.74 Å². The maximum atomic E-state index is 13.9. The van der Waals surface area contributed by atoms with Crippen molar-refractivity contribution in [2.75, 3.05) is 19.7 Å². The van der Waals surface area contributed by atoms with Crippen molar-refractivity contribution in [1.82, 2.24) is 19.5 Å². The minimum Gasteiger partial charge on any atom is -0.374 e. The summed E-state index contributed by atoms with van der Waals surface area (Å²) in [5.41, 5.74) is 0.683. The van der Waals surface area contributed by atoms with Gasteiger partial charge in [-0.2, -0.15) is 13.2 Å². The van der Waals surface area contributed by atoms with Crippen molar-refractivity contribution in [3.63, 3.8) is 0 Å². The number of alkyl halides is 3. The first kappa shape index (κ1) is 23.5. The van der Waals surface area contributed by atoms with E-state index in [9.17, 15) is 13.2 Å². The second-order valence-corrected chi connectivity index (χ2v) is 7.62. The zero-order valence-corrected chi connectivity index (χ0v) is 18.1. The Bertz CT molecular complexity index is 986. The van der Waals surface area contributed by atoms with Gasteiger partial charge in [-0.1, -0.05) is 30.3 Å². The summed E-state index contributed by atoms with van der Waals surface area (Å²) in [5, 5.41) is 7.75. The normalized spacial score (nSPS) is 15.9. The van der Waals surface area contributed by atoms with Crippen molar-refractivity contribution >= 4 is 18.1 Å². The number of ether oxygens (including phenoxy) is 1. The van der Waals surface area contributed by atoms with Gasteiger partial charge in [-0.25, -0.2) is 0 Å². The topological polar surface area (TPSA) is 42.7 Å². The average molecular weight is 455 g/mol. The quantitative estimate of drug-likeness (QED) is 0.520. The predicted molar refractivity (Wildman–Crippen MR) is 114 cm³/mol. The molecule has 0 atom stereocenters. The number of aromatic nitrogens is 3. The van der Waals surface area contributed by atoms with Crippen molar-refractivity contribution in [1.29, 1.82) is 0 Å². The van der Waals surface area contributed by atoms with Gasteiger partial charge in [0.1, 0.15) is 12.2 Å². The molecule has 5 nitrogen and oxygen atoms in total. The Hall–Kier alpha value is -2.16. The van der Waals surface area contributed by atoms with Crippen LogP contribution in [-0.2, 0) is 24.1 Å². The lowest BCUT2D eigenvalue weighted by Gasteiger charge is -2.32. The van der Waals surface area contributed by atoms with E-state index in [1.165, 1.54) is 16.0 Å². The summed E-state index contributed by atoms with van der Waals surface area (Å²) in [6.45, 7) is 4.19. The fourth-order valence-electron chi connectivity index (χ4n) is 4.17. The lowest BCUT2D eigenvalue weighted by molar-refractivity contribution is -0.137. The van der Waals surface area contributed by atoms with E-state index in [0.717, 1.165) is 25.9 Å². The third kappa shape index (κ3) is 5.19. The predicted octanol–water partition coefficient (Wildman–Crippen LogP) is 5.09. The molecule has 3 heterocycles. The molecule has 31 heavy (non-hydrogen) atoms. The van der Waals surface area contributed by atoms with Crippen LogP contribution in [0.3, 0.4) is 0 Å². The number of benzene rings is 1. The monoisotopic (exact) mass is 454 g/mol. The van der Waals surface area contributed by atoms with Crippen LogP contribution < -0.4 is 0 Å². The molecule has 1 aliphatic heterocycles. The molecule has 1 saturated heterocycles. The Morgan fingerprint density at radius 2 is 1.77 bits per heavy atom. The van der Waals surface area contributed by atoms with Crippen molar-refractivity contribution < 1.29 is 17.9 Å². The molecule has 0 N–H and O–H groups in total. The highest BCUT2D eigenvalue weighted by Gasteiger charge is 2.38. The van der Waals surface area contributed by atoms with Gasteiger partial charge in [0, 0.05) is 19.3 Å². The zero-order chi connectivity index (χ0) is 21.1. The fraction of sp³-hybridized carbons (Fsp3) is 0.455. The molecular formula is C22H26ClF3N4O. The van der Waals surface area contributed by atoms with Crippen LogP contribution in [0, 0.1) is 0 Å². The average Bonchev–Trinajstić information content (AvgIpc) is 3.15. The molecular weight excluding hydrogens is 429 g/mol. The maximum Gasteiger partial charge on any atom is 0.420 e. The van der Waals surface area contributed by atoms with E-state index in [1.807, 2.05) is 25.1 Å². The van der Waals surface area contributed by atoms with Crippen molar-refractivity contribution in [2.24, 2.45) is 0 Å². The van der Waals surface area contributed by atoms with Crippen LogP contribution in [0.15, 0.2) is 42.6 Å².